The summed E-state index contributed by atoms with van der Waals surface area (Å²) in [5.74, 6) is -2.79. The standard InChI is InChI=1S/C44H50N4O10S4/c1-2-58-44(53)32-17-21-46(22-18-32)42(50)40-26-36(28-48(40)62(56,57)38-14-12-30-8-4-6-10-34(30)24-38)60-59-35-25-39(41(49)45-19-15-31(16-20-45)43(51)52)47(27-35)61(54,55)37-13-11-29-7-3-5-9-33(29)23-37/h3-14,23-24,31-32,35-36,39-40H,2,15-22,25-28H2,1H3,(H,51,52)/t35-,36-,39+,40+/m1/s1. The second kappa shape index (κ2) is 18.5. The molecule has 14 nitrogen and oxygen atoms in total. The maximum absolute atomic E-state index is 14.5. The lowest BCUT2D eigenvalue weighted by Crippen LogP contribution is -2.50. The smallest absolute Gasteiger partial charge is 0.309 e. The van der Waals surface area contributed by atoms with Crippen LogP contribution in [0.25, 0.3) is 21.5 Å². The van der Waals surface area contributed by atoms with Crippen LogP contribution in [-0.2, 0) is 44.0 Å². The summed E-state index contributed by atoms with van der Waals surface area (Å²) in [6.07, 6.45) is 1.81. The van der Waals surface area contributed by atoms with E-state index in [1.165, 1.54) is 30.2 Å². The highest BCUT2D eigenvalue weighted by atomic mass is 33.1. The first-order valence-electron chi connectivity index (χ1n) is 21.0. The van der Waals surface area contributed by atoms with Gasteiger partial charge in [0.05, 0.1) is 28.2 Å². The quantitative estimate of drug-likeness (QED) is 0.140. The van der Waals surface area contributed by atoms with Crippen molar-refractivity contribution in [3.05, 3.63) is 84.9 Å². The molecule has 4 fully saturated rings. The normalized spacial score (nSPS) is 23.6. The summed E-state index contributed by atoms with van der Waals surface area (Å²) in [4.78, 5) is 56.1. The van der Waals surface area contributed by atoms with Crippen LogP contribution in [0.4, 0.5) is 0 Å². The van der Waals surface area contributed by atoms with Gasteiger partial charge in [-0.2, -0.15) is 8.61 Å². The van der Waals surface area contributed by atoms with Gasteiger partial charge >= 0.3 is 11.9 Å². The number of hydrogen-bond donors (Lipinski definition) is 1. The number of fused-ring (bicyclic) bond motifs is 2. The Kier molecular flexibility index (Phi) is 13.2. The van der Waals surface area contributed by atoms with E-state index < -0.39 is 44.0 Å². The molecule has 4 saturated heterocycles. The number of amides is 2. The highest BCUT2D eigenvalue weighted by molar-refractivity contribution is 8.77. The average Bonchev–Trinajstić information content (AvgIpc) is 3.94. The number of benzene rings is 4. The molecule has 330 valence electrons. The van der Waals surface area contributed by atoms with E-state index in [0.29, 0.717) is 25.9 Å². The second-order valence-corrected chi connectivity index (χ2v) is 23.1. The third-order valence-corrected chi connectivity index (χ3v) is 19.6. The molecule has 0 radical (unpaired) electrons. The zero-order valence-electron chi connectivity index (χ0n) is 34.3. The zero-order chi connectivity index (χ0) is 43.8. The highest BCUT2D eigenvalue weighted by Gasteiger charge is 2.49. The van der Waals surface area contributed by atoms with Crippen molar-refractivity contribution in [1.82, 2.24) is 18.4 Å². The molecule has 0 aromatic heterocycles. The predicted octanol–water partition coefficient (Wildman–Crippen LogP) is 5.46. The van der Waals surface area contributed by atoms with E-state index in [4.69, 9.17) is 4.74 Å². The maximum atomic E-state index is 14.5. The molecule has 0 unspecified atom stereocenters. The molecule has 1 N–H and O–H groups in total. The summed E-state index contributed by atoms with van der Waals surface area (Å²) >= 11 is 0. The number of sulfonamides is 2. The van der Waals surface area contributed by atoms with Gasteiger partial charge in [0.25, 0.3) is 0 Å². The van der Waals surface area contributed by atoms with Crippen molar-refractivity contribution >= 4 is 86.9 Å². The van der Waals surface area contributed by atoms with Gasteiger partial charge in [0.1, 0.15) is 12.1 Å². The number of hydrogen-bond acceptors (Lipinski definition) is 11. The first-order chi connectivity index (χ1) is 29.7. The third kappa shape index (κ3) is 9.09. The van der Waals surface area contributed by atoms with Gasteiger partial charge in [0, 0.05) is 49.8 Å². The number of piperidine rings is 2. The van der Waals surface area contributed by atoms with Crippen LogP contribution in [-0.4, -0.2) is 133 Å². The Morgan fingerprint density at radius 3 is 1.42 bits per heavy atom. The molecule has 0 spiro atoms. The zero-order valence-corrected chi connectivity index (χ0v) is 37.5. The molecule has 0 saturated carbocycles. The summed E-state index contributed by atoms with van der Waals surface area (Å²) in [6, 6.07) is 22.7. The maximum Gasteiger partial charge on any atom is 0.309 e. The number of rotatable bonds is 12. The van der Waals surface area contributed by atoms with Gasteiger partial charge in [-0.15, -0.1) is 0 Å². The van der Waals surface area contributed by atoms with Gasteiger partial charge in [0.2, 0.25) is 31.9 Å². The summed E-state index contributed by atoms with van der Waals surface area (Å²) < 4.78 is 65.8. The first-order valence-corrected chi connectivity index (χ1v) is 26.2. The topological polar surface area (TPSA) is 179 Å². The third-order valence-electron chi connectivity index (χ3n) is 12.6. The second-order valence-electron chi connectivity index (χ2n) is 16.4. The minimum atomic E-state index is -4.17. The molecule has 4 aromatic rings. The minimum Gasteiger partial charge on any atom is -0.481 e. The lowest BCUT2D eigenvalue weighted by Gasteiger charge is -2.34. The van der Waals surface area contributed by atoms with Gasteiger partial charge in [-0.1, -0.05) is 82.3 Å². The van der Waals surface area contributed by atoms with Crippen molar-refractivity contribution in [2.24, 2.45) is 11.8 Å². The molecule has 0 bridgehead atoms. The number of aliphatic carboxylic acids is 1. The Hall–Kier alpha value is -4.20. The van der Waals surface area contributed by atoms with E-state index in [1.54, 1.807) is 53.1 Å². The van der Waals surface area contributed by atoms with Crippen LogP contribution in [0.5, 0.6) is 0 Å². The average molecular weight is 923 g/mol. The van der Waals surface area contributed by atoms with E-state index >= 15 is 0 Å². The van der Waals surface area contributed by atoms with E-state index in [1.807, 2.05) is 48.5 Å². The molecule has 4 aliphatic rings. The summed E-state index contributed by atoms with van der Waals surface area (Å²) in [7, 11) is -5.53. The highest BCUT2D eigenvalue weighted by Crippen LogP contribution is 2.45. The van der Waals surface area contributed by atoms with E-state index in [-0.39, 0.29) is 102 Å². The Morgan fingerprint density at radius 1 is 0.613 bits per heavy atom. The molecule has 4 aliphatic heterocycles. The molecule has 0 aliphatic carbocycles. The van der Waals surface area contributed by atoms with Crippen molar-refractivity contribution in [3.63, 3.8) is 0 Å². The number of esters is 1. The Labute approximate surface area is 369 Å². The number of carbonyl (C=O) groups is 4. The minimum absolute atomic E-state index is 0.0262. The van der Waals surface area contributed by atoms with Crippen LogP contribution in [0.1, 0.15) is 45.4 Å². The summed E-state index contributed by atoms with van der Waals surface area (Å²) in [5.41, 5.74) is 0. The van der Waals surface area contributed by atoms with E-state index in [0.717, 1.165) is 21.5 Å². The molecular weight excluding hydrogens is 873 g/mol. The molecule has 4 heterocycles. The van der Waals surface area contributed by atoms with Crippen molar-refractivity contribution in [2.45, 2.75) is 77.8 Å². The van der Waals surface area contributed by atoms with Crippen molar-refractivity contribution in [1.29, 1.82) is 0 Å². The van der Waals surface area contributed by atoms with Gasteiger partial charge in [-0.25, -0.2) is 16.8 Å². The number of likely N-dealkylation sites (tertiary alicyclic amines) is 2. The Bertz CT molecular complexity index is 2580. The van der Waals surface area contributed by atoms with Gasteiger partial charge in [0.15, 0.2) is 0 Å². The fraction of sp³-hybridized carbons (Fsp3) is 0.455. The number of ether oxygens (including phenoxy) is 1. The Morgan fingerprint density at radius 2 is 1.02 bits per heavy atom. The van der Waals surface area contributed by atoms with Crippen LogP contribution in [0.2, 0.25) is 0 Å². The molecular formula is C44H50N4O10S4. The summed E-state index contributed by atoms with van der Waals surface area (Å²) in [5, 5.41) is 12.1. The first kappa shape index (κ1) is 44.4. The van der Waals surface area contributed by atoms with E-state index in [9.17, 15) is 41.1 Å². The van der Waals surface area contributed by atoms with Crippen LogP contribution >= 0.6 is 21.6 Å². The molecule has 4 atom stereocenters. The summed E-state index contributed by atoms with van der Waals surface area (Å²) in [6.45, 7) is 3.09. The largest absolute Gasteiger partial charge is 0.481 e. The number of carboxylic acid groups (broad SMARTS) is 1. The fourth-order valence-electron chi connectivity index (χ4n) is 9.10. The van der Waals surface area contributed by atoms with Gasteiger partial charge < -0.3 is 19.6 Å². The molecule has 62 heavy (non-hydrogen) atoms. The van der Waals surface area contributed by atoms with Crippen LogP contribution in [0, 0.1) is 11.8 Å². The van der Waals surface area contributed by atoms with E-state index in [2.05, 4.69) is 0 Å². The molecule has 8 rings (SSSR count). The number of carboxylic acids is 1. The monoisotopic (exact) mass is 922 g/mol. The predicted molar refractivity (Wildman–Crippen MR) is 238 cm³/mol. The van der Waals surface area contributed by atoms with Crippen LogP contribution in [0.15, 0.2) is 94.7 Å². The SMILES string of the molecule is CCOC(=O)C1CCN(C(=O)[C@@H]2C[C@@H](SS[C@@H]3C[C@@H](C(=O)N4CCC(C(=O)O)CC4)N(S(=O)(=O)c4ccc5ccccc5c4)C3)CN2S(=O)(=O)c2ccc3ccccc3c2)CC1. The van der Waals surface area contributed by atoms with Crippen LogP contribution < -0.4 is 0 Å². The van der Waals surface area contributed by atoms with Crippen LogP contribution in [0.3, 0.4) is 0 Å². The number of carbonyl (C=O) groups excluding carboxylic acids is 3. The molecule has 18 heteroatoms. The lowest BCUT2D eigenvalue weighted by molar-refractivity contribution is -0.151. The fourth-order valence-corrected chi connectivity index (χ4v) is 15.7. The van der Waals surface area contributed by atoms with Gasteiger partial charge in [-0.3, -0.25) is 19.2 Å². The number of nitrogens with zero attached hydrogens (tertiary/aromatic N) is 4. The van der Waals surface area contributed by atoms with Crippen molar-refractivity contribution < 1.29 is 45.9 Å². The Balaban J connectivity index is 1.02. The van der Waals surface area contributed by atoms with Crippen molar-refractivity contribution in [2.75, 3.05) is 45.9 Å². The van der Waals surface area contributed by atoms with Gasteiger partial charge in [-0.05, 0) is 91.3 Å². The lowest BCUT2D eigenvalue weighted by atomic mass is 9.96. The molecule has 4 aromatic carbocycles. The molecule has 2 amide bonds. The van der Waals surface area contributed by atoms with Crippen molar-refractivity contribution in [3.8, 4) is 0 Å².